The number of carbonyl (C=O) groups excluding carboxylic acids is 1. The Bertz CT molecular complexity index is 469. The molecule has 1 amide bonds. The van der Waals surface area contributed by atoms with Gasteiger partial charge in [0.05, 0.1) is 6.10 Å². The van der Waals surface area contributed by atoms with Crippen molar-refractivity contribution in [3.63, 3.8) is 0 Å². The highest BCUT2D eigenvalue weighted by molar-refractivity contribution is 7.92. The Morgan fingerprint density at radius 1 is 1.33 bits per heavy atom. The highest BCUT2D eigenvalue weighted by atomic mass is 32.2. The van der Waals surface area contributed by atoms with Crippen LogP contribution in [0.4, 0.5) is 0 Å². The molecule has 104 valence electrons. The average Bonchev–Trinajstić information content (AvgIpc) is 2.57. The first-order chi connectivity index (χ1) is 7.98. The van der Waals surface area contributed by atoms with Crippen LogP contribution in [0.1, 0.15) is 20.3 Å². The Kier molecular flexibility index (Phi) is 3.73. The summed E-state index contributed by atoms with van der Waals surface area (Å²) in [5.41, 5.74) is 0. The van der Waals surface area contributed by atoms with Gasteiger partial charge in [-0.2, -0.15) is 0 Å². The van der Waals surface area contributed by atoms with Crippen LogP contribution in [0.5, 0.6) is 0 Å². The molecule has 1 saturated heterocycles. The summed E-state index contributed by atoms with van der Waals surface area (Å²) in [6.07, 6.45) is -0.0981. The second-order valence-electron chi connectivity index (χ2n) is 4.98. The Morgan fingerprint density at radius 2 is 1.83 bits per heavy atom. The normalized spacial score (nSPS) is 25.2. The summed E-state index contributed by atoms with van der Waals surface area (Å²) in [7, 11) is -3.67. The summed E-state index contributed by atoms with van der Waals surface area (Å²) in [6, 6.07) is -1.17. The number of aliphatic carboxylic acids is 1. The molecule has 8 heteroatoms. The lowest BCUT2D eigenvalue weighted by Crippen LogP contribution is -2.53. The molecule has 2 atom stereocenters. The Balaban J connectivity index is 3.07. The monoisotopic (exact) mass is 279 g/mol. The van der Waals surface area contributed by atoms with Crippen molar-refractivity contribution < 1.29 is 28.2 Å². The van der Waals surface area contributed by atoms with Crippen LogP contribution in [0.2, 0.25) is 0 Å². The van der Waals surface area contributed by atoms with Crippen molar-refractivity contribution >= 4 is 21.7 Å². The van der Waals surface area contributed by atoms with Crippen molar-refractivity contribution in [1.82, 2.24) is 4.90 Å². The van der Waals surface area contributed by atoms with Crippen molar-refractivity contribution in [2.24, 2.45) is 0 Å². The van der Waals surface area contributed by atoms with E-state index < -0.39 is 38.6 Å². The third kappa shape index (κ3) is 2.49. The molecule has 0 aromatic carbocycles. The number of aliphatic hydroxyl groups excluding tert-OH is 1. The maximum Gasteiger partial charge on any atom is 0.326 e. The van der Waals surface area contributed by atoms with Crippen LogP contribution >= 0.6 is 0 Å². The number of carboxylic acid groups (broad SMARTS) is 1. The lowest BCUT2D eigenvalue weighted by molar-refractivity contribution is -0.148. The van der Waals surface area contributed by atoms with Crippen LogP contribution in [0, 0.1) is 0 Å². The Hall–Kier alpha value is -1.15. The smallest absolute Gasteiger partial charge is 0.326 e. The van der Waals surface area contributed by atoms with E-state index in [1.807, 2.05) is 0 Å². The number of carbonyl (C=O) groups is 2. The summed E-state index contributed by atoms with van der Waals surface area (Å²) in [5, 5.41) is 18.4. The molecule has 18 heavy (non-hydrogen) atoms. The van der Waals surface area contributed by atoms with Gasteiger partial charge in [0.2, 0.25) is 5.91 Å². The number of carboxylic acids is 1. The lowest BCUT2D eigenvalue weighted by Gasteiger charge is -2.30. The van der Waals surface area contributed by atoms with Crippen molar-refractivity contribution in [3.8, 4) is 0 Å². The molecule has 0 aromatic heterocycles. The number of sulfone groups is 1. The van der Waals surface area contributed by atoms with Gasteiger partial charge in [0, 0.05) is 19.2 Å². The van der Waals surface area contributed by atoms with Gasteiger partial charge >= 0.3 is 5.97 Å². The van der Waals surface area contributed by atoms with Crippen LogP contribution in [0.3, 0.4) is 0 Å². The number of β-amino-alcohol motifs (C(OH)–C–C–N with tert-alkyl or cyclic N) is 1. The van der Waals surface area contributed by atoms with Gasteiger partial charge in [-0.05, 0) is 13.8 Å². The van der Waals surface area contributed by atoms with Crippen molar-refractivity contribution in [2.75, 3.05) is 12.8 Å². The van der Waals surface area contributed by atoms with E-state index in [4.69, 9.17) is 5.11 Å². The minimum Gasteiger partial charge on any atom is -0.480 e. The fourth-order valence-corrected chi connectivity index (χ4v) is 2.21. The van der Waals surface area contributed by atoms with E-state index in [-0.39, 0.29) is 13.0 Å². The molecule has 0 saturated carbocycles. The van der Waals surface area contributed by atoms with Crippen LogP contribution in [0.25, 0.3) is 0 Å². The number of amides is 1. The molecule has 0 spiro atoms. The summed E-state index contributed by atoms with van der Waals surface area (Å²) < 4.78 is 21.4. The van der Waals surface area contributed by atoms with E-state index in [0.29, 0.717) is 0 Å². The molecule has 2 N–H and O–H groups in total. The summed E-state index contributed by atoms with van der Waals surface area (Å²) in [6.45, 7) is 2.30. The third-order valence-electron chi connectivity index (χ3n) is 3.27. The molecule has 1 aliphatic heterocycles. The van der Waals surface area contributed by atoms with Gasteiger partial charge in [0.15, 0.2) is 9.84 Å². The Labute approximate surface area is 105 Å². The minimum atomic E-state index is -3.67. The van der Waals surface area contributed by atoms with E-state index >= 15 is 0 Å². The fraction of sp³-hybridized carbons (Fsp3) is 0.800. The number of nitrogens with zero attached hydrogens (tertiary/aromatic N) is 1. The van der Waals surface area contributed by atoms with Crippen LogP contribution in [-0.2, 0) is 19.4 Å². The molecule has 0 radical (unpaired) electrons. The largest absolute Gasteiger partial charge is 0.480 e. The fourth-order valence-electron chi connectivity index (χ4n) is 1.78. The van der Waals surface area contributed by atoms with Gasteiger partial charge in [-0.15, -0.1) is 0 Å². The van der Waals surface area contributed by atoms with Crippen molar-refractivity contribution in [2.45, 2.75) is 37.2 Å². The molecule has 1 heterocycles. The quantitative estimate of drug-likeness (QED) is 0.675. The zero-order valence-electron chi connectivity index (χ0n) is 10.5. The molecule has 2 unspecified atom stereocenters. The SMILES string of the molecule is CC(C)(C(=O)N1CC(O)CC1C(=O)O)S(C)(=O)=O. The number of aliphatic hydroxyl groups is 1. The molecule has 7 nitrogen and oxygen atoms in total. The van der Waals surface area contributed by atoms with Crippen LogP contribution < -0.4 is 0 Å². The first kappa shape index (κ1) is 14.9. The average molecular weight is 279 g/mol. The zero-order valence-corrected chi connectivity index (χ0v) is 11.3. The summed E-state index contributed by atoms with van der Waals surface area (Å²) in [5.74, 6) is -2.04. The summed E-state index contributed by atoms with van der Waals surface area (Å²) >= 11 is 0. The topological polar surface area (TPSA) is 112 Å². The standard InChI is InChI=1S/C10H17NO6S/c1-10(2,18(3,16)17)9(15)11-5-6(12)4-7(11)8(13)14/h6-7,12H,4-5H2,1-3H3,(H,13,14). The highest BCUT2D eigenvalue weighted by Crippen LogP contribution is 2.25. The molecule has 0 bridgehead atoms. The van der Waals surface area contributed by atoms with Gasteiger partial charge in [0.1, 0.15) is 10.8 Å². The molecule has 0 aliphatic carbocycles. The predicted molar refractivity (Wildman–Crippen MR) is 62.7 cm³/mol. The van der Waals surface area contributed by atoms with E-state index in [2.05, 4.69) is 0 Å². The first-order valence-electron chi connectivity index (χ1n) is 5.40. The maximum atomic E-state index is 12.1. The zero-order chi connectivity index (χ0) is 14.3. The predicted octanol–water partition coefficient (Wildman–Crippen LogP) is -1.14. The second-order valence-corrected chi connectivity index (χ2v) is 7.55. The van der Waals surface area contributed by atoms with E-state index in [9.17, 15) is 23.1 Å². The Morgan fingerprint density at radius 3 is 2.22 bits per heavy atom. The van der Waals surface area contributed by atoms with Gasteiger partial charge in [0.25, 0.3) is 0 Å². The summed E-state index contributed by atoms with van der Waals surface area (Å²) in [4.78, 5) is 24.1. The van der Waals surface area contributed by atoms with E-state index in [0.717, 1.165) is 11.2 Å². The van der Waals surface area contributed by atoms with Crippen molar-refractivity contribution in [1.29, 1.82) is 0 Å². The number of likely N-dealkylation sites (tertiary alicyclic amines) is 1. The van der Waals surface area contributed by atoms with Gasteiger partial charge in [-0.3, -0.25) is 4.79 Å². The van der Waals surface area contributed by atoms with E-state index in [1.54, 1.807) is 0 Å². The second kappa shape index (κ2) is 4.51. The molecule has 1 fully saturated rings. The molecule has 1 aliphatic rings. The third-order valence-corrected chi connectivity index (χ3v) is 5.30. The first-order valence-corrected chi connectivity index (χ1v) is 7.29. The molecular weight excluding hydrogens is 262 g/mol. The number of hydrogen-bond donors (Lipinski definition) is 2. The van der Waals surface area contributed by atoms with Crippen LogP contribution in [-0.4, -0.2) is 65.1 Å². The minimum absolute atomic E-state index is 0.0824. The van der Waals surface area contributed by atoms with Gasteiger partial charge in [-0.25, -0.2) is 13.2 Å². The molecule has 1 rings (SSSR count). The molecular formula is C10H17NO6S. The molecule has 0 aromatic rings. The van der Waals surface area contributed by atoms with Gasteiger partial charge in [-0.1, -0.05) is 0 Å². The van der Waals surface area contributed by atoms with Crippen LogP contribution in [0.15, 0.2) is 0 Å². The van der Waals surface area contributed by atoms with Crippen molar-refractivity contribution in [3.05, 3.63) is 0 Å². The maximum absolute atomic E-state index is 12.1. The van der Waals surface area contributed by atoms with Gasteiger partial charge < -0.3 is 15.1 Å². The number of rotatable bonds is 3. The lowest BCUT2D eigenvalue weighted by atomic mass is 10.1. The highest BCUT2D eigenvalue weighted by Gasteiger charge is 2.48. The number of hydrogen-bond acceptors (Lipinski definition) is 5. The van der Waals surface area contributed by atoms with E-state index in [1.165, 1.54) is 13.8 Å².